The fourth-order valence-corrected chi connectivity index (χ4v) is 3.84. The Labute approximate surface area is 215 Å². The first-order chi connectivity index (χ1) is 17.1. The number of carbonyl (C=O) groups excluding carboxylic acids is 1. The lowest BCUT2D eigenvalue weighted by atomic mass is 10.1. The highest BCUT2D eigenvalue weighted by Gasteiger charge is 2.06. The number of likely N-dealkylation sites (N-methyl/N-ethyl adjacent to an activating group) is 1. The molecular weight excluding hydrogens is 440 g/mol. The van der Waals surface area contributed by atoms with E-state index >= 15 is 0 Å². The van der Waals surface area contributed by atoms with Gasteiger partial charge in [-0.05, 0) is 59.4 Å². The van der Waals surface area contributed by atoms with Crippen LogP contribution in [0.2, 0.25) is 0 Å². The Hall–Kier alpha value is -1.69. The van der Waals surface area contributed by atoms with Crippen molar-refractivity contribution in [2.45, 2.75) is 90.4 Å². The molecule has 0 unspecified atom stereocenters. The zero-order chi connectivity index (χ0) is 25.8. The first-order valence-corrected chi connectivity index (χ1v) is 14.0. The number of guanidine groups is 1. The van der Waals surface area contributed by atoms with E-state index in [1.807, 2.05) is 20.3 Å². The van der Waals surface area contributed by atoms with Crippen molar-refractivity contribution in [1.29, 1.82) is 5.26 Å². The number of aliphatic imine (C=N–C) groups is 1. The number of nitrogens with zero attached hydrogens (tertiary/aromatic N) is 4. The van der Waals surface area contributed by atoms with E-state index in [1.165, 1.54) is 64.3 Å². The van der Waals surface area contributed by atoms with Gasteiger partial charge in [0.25, 0.3) is 0 Å². The van der Waals surface area contributed by atoms with Gasteiger partial charge in [-0.2, -0.15) is 5.26 Å². The van der Waals surface area contributed by atoms with Crippen LogP contribution in [0.15, 0.2) is 4.99 Å². The van der Waals surface area contributed by atoms with E-state index in [2.05, 4.69) is 32.3 Å². The minimum atomic E-state index is 0.529. The summed E-state index contributed by atoms with van der Waals surface area (Å²) >= 11 is 0. The third-order valence-corrected chi connectivity index (χ3v) is 5.95. The predicted octanol–water partition coefficient (Wildman–Crippen LogP) is 4.17. The van der Waals surface area contributed by atoms with Crippen molar-refractivity contribution >= 4 is 12.2 Å². The van der Waals surface area contributed by atoms with Crippen molar-refractivity contribution in [3.8, 4) is 6.19 Å². The van der Waals surface area contributed by atoms with Crippen molar-refractivity contribution in [2.75, 3.05) is 66.6 Å². The highest BCUT2D eigenvalue weighted by atomic mass is 16.5. The SMILES string of the molecule is CCCCCCCCN(CCCCCCCC=O)CCCN/C(=N/C#N)NCCOCCN(C)C. The molecule has 0 aromatic heterocycles. The monoisotopic (exact) mass is 494 g/mol. The Morgan fingerprint density at radius 1 is 0.829 bits per heavy atom. The molecule has 8 nitrogen and oxygen atoms in total. The Morgan fingerprint density at radius 2 is 1.43 bits per heavy atom. The highest BCUT2D eigenvalue weighted by Crippen LogP contribution is 2.09. The van der Waals surface area contributed by atoms with E-state index in [-0.39, 0.29) is 0 Å². The van der Waals surface area contributed by atoms with E-state index in [0.29, 0.717) is 32.1 Å². The van der Waals surface area contributed by atoms with Crippen molar-refractivity contribution < 1.29 is 9.53 Å². The normalized spacial score (nSPS) is 11.7. The average molecular weight is 495 g/mol. The van der Waals surface area contributed by atoms with E-state index in [1.54, 1.807) is 0 Å². The fraction of sp³-hybridized carbons (Fsp3) is 0.889. The molecule has 2 N–H and O–H groups in total. The molecule has 0 atom stereocenters. The van der Waals surface area contributed by atoms with Crippen molar-refractivity contribution in [3.05, 3.63) is 0 Å². The summed E-state index contributed by atoms with van der Waals surface area (Å²) in [7, 11) is 4.05. The molecule has 0 aromatic rings. The lowest BCUT2D eigenvalue weighted by Gasteiger charge is -2.23. The maximum Gasteiger partial charge on any atom is 0.209 e. The topological polar surface area (TPSA) is 93.0 Å². The van der Waals surface area contributed by atoms with E-state index < -0.39 is 0 Å². The summed E-state index contributed by atoms with van der Waals surface area (Å²) in [5.74, 6) is 0.529. The number of aldehydes is 1. The molecule has 0 bridgehead atoms. The van der Waals surface area contributed by atoms with E-state index in [4.69, 9.17) is 10.00 Å². The smallest absolute Gasteiger partial charge is 0.209 e. The molecule has 0 aliphatic heterocycles. The van der Waals surface area contributed by atoms with Gasteiger partial charge >= 0.3 is 0 Å². The van der Waals surface area contributed by atoms with Crippen LogP contribution in [0.3, 0.4) is 0 Å². The first-order valence-electron chi connectivity index (χ1n) is 14.0. The van der Waals surface area contributed by atoms with Crippen molar-refractivity contribution in [2.24, 2.45) is 4.99 Å². The summed E-state index contributed by atoms with van der Waals surface area (Å²) in [5.41, 5.74) is 0. The highest BCUT2D eigenvalue weighted by molar-refractivity contribution is 5.80. The van der Waals surface area contributed by atoms with Crippen LogP contribution >= 0.6 is 0 Å². The molecule has 0 rings (SSSR count). The quantitative estimate of drug-likeness (QED) is 0.0647. The molecule has 35 heavy (non-hydrogen) atoms. The van der Waals surface area contributed by atoms with Gasteiger partial charge in [0.15, 0.2) is 0 Å². The maximum absolute atomic E-state index is 10.4. The minimum Gasteiger partial charge on any atom is -0.378 e. The summed E-state index contributed by atoms with van der Waals surface area (Å²) in [6.07, 6.45) is 18.4. The molecule has 0 fully saturated rings. The van der Waals surface area contributed by atoms with Gasteiger partial charge in [-0.3, -0.25) is 0 Å². The molecule has 0 radical (unpaired) electrons. The van der Waals surface area contributed by atoms with E-state index in [9.17, 15) is 4.79 Å². The molecule has 0 amide bonds. The predicted molar refractivity (Wildman–Crippen MR) is 147 cm³/mol. The lowest BCUT2D eigenvalue weighted by Crippen LogP contribution is -2.40. The molecule has 0 saturated heterocycles. The van der Waals surface area contributed by atoms with Crippen LogP contribution < -0.4 is 10.6 Å². The van der Waals surface area contributed by atoms with Gasteiger partial charge in [0.1, 0.15) is 6.29 Å². The van der Waals surface area contributed by atoms with Crippen LogP contribution in [0.25, 0.3) is 0 Å². The standard InChI is InChI=1S/C27H54N6O2/c1-4-5-6-7-10-13-19-33(20-14-11-8-9-12-15-23-34)21-16-17-29-27(31-26-28)30-18-24-35-25-22-32(2)3/h23H,4-22,24-25H2,1-3H3,(H2,29,30,31). The number of nitrogens with one attached hydrogen (secondary N) is 2. The second kappa shape index (κ2) is 26.9. The Balaban J connectivity index is 4.20. The van der Waals surface area contributed by atoms with E-state index in [0.717, 1.165) is 51.7 Å². The molecule has 204 valence electrons. The molecular formula is C27H54N6O2. The van der Waals surface area contributed by atoms with Crippen molar-refractivity contribution in [3.63, 3.8) is 0 Å². The molecule has 0 spiro atoms. The second-order valence-corrected chi connectivity index (χ2v) is 9.52. The summed E-state index contributed by atoms with van der Waals surface area (Å²) in [6, 6.07) is 0. The summed E-state index contributed by atoms with van der Waals surface area (Å²) in [4.78, 5) is 19.0. The van der Waals surface area contributed by atoms with Crippen LogP contribution in [0.5, 0.6) is 0 Å². The van der Waals surface area contributed by atoms with Gasteiger partial charge in [-0.15, -0.1) is 4.99 Å². The molecule has 0 saturated carbocycles. The molecule has 8 heteroatoms. The fourth-order valence-electron chi connectivity index (χ4n) is 3.84. The third-order valence-electron chi connectivity index (χ3n) is 5.95. The molecule has 0 heterocycles. The van der Waals surface area contributed by atoms with Crippen LogP contribution in [0, 0.1) is 11.5 Å². The average Bonchev–Trinajstić information content (AvgIpc) is 2.84. The van der Waals surface area contributed by atoms with Gasteiger partial charge in [0, 0.05) is 26.1 Å². The van der Waals surface area contributed by atoms with Gasteiger partial charge in [0.2, 0.25) is 12.2 Å². The number of hydrogen-bond acceptors (Lipinski definition) is 6. The summed E-state index contributed by atoms with van der Waals surface area (Å²) < 4.78 is 5.58. The Bertz CT molecular complexity index is 536. The van der Waals surface area contributed by atoms with Crippen molar-refractivity contribution in [1.82, 2.24) is 20.4 Å². The van der Waals surface area contributed by atoms with Crippen LogP contribution in [0.4, 0.5) is 0 Å². The molecule has 0 aromatic carbocycles. The Kier molecular flexibility index (Phi) is 25.6. The van der Waals surface area contributed by atoms with Gasteiger partial charge in [-0.1, -0.05) is 58.3 Å². The largest absolute Gasteiger partial charge is 0.378 e. The lowest BCUT2D eigenvalue weighted by molar-refractivity contribution is -0.107. The molecule has 0 aliphatic rings. The van der Waals surface area contributed by atoms with Crippen LogP contribution in [-0.2, 0) is 9.53 Å². The number of carbonyl (C=O) groups is 1. The summed E-state index contributed by atoms with van der Waals surface area (Å²) in [6.45, 7) is 9.21. The maximum atomic E-state index is 10.4. The van der Waals surface area contributed by atoms with Crippen LogP contribution in [0.1, 0.15) is 90.4 Å². The number of nitriles is 1. The zero-order valence-corrected chi connectivity index (χ0v) is 23.0. The number of unbranched alkanes of at least 4 members (excludes halogenated alkanes) is 10. The number of rotatable bonds is 25. The molecule has 0 aliphatic carbocycles. The second-order valence-electron chi connectivity index (χ2n) is 9.52. The van der Waals surface area contributed by atoms with Crippen LogP contribution in [-0.4, -0.2) is 88.6 Å². The van der Waals surface area contributed by atoms with Gasteiger partial charge in [0.05, 0.1) is 13.2 Å². The number of hydrogen-bond donors (Lipinski definition) is 2. The first kappa shape index (κ1) is 33.3. The zero-order valence-electron chi connectivity index (χ0n) is 23.0. The van der Waals surface area contributed by atoms with Gasteiger partial charge in [-0.25, -0.2) is 0 Å². The Morgan fingerprint density at radius 3 is 2.06 bits per heavy atom. The minimum absolute atomic E-state index is 0.529. The summed E-state index contributed by atoms with van der Waals surface area (Å²) in [5, 5.41) is 15.4. The van der Waals surface area contributed by atoms with Gasteiger partial charge < -0.3 is 30.0 Å². The number of ether oxygens (including phenoxy) is 1. The third kappa shape index (κ3) is 25.2.